The SMILES string of the molecule is O=C(Nc1c[nH]c(=O)[nH]c1=O)c1ccc2c(c1)C(=O)N(c1ccc(C(=O)c3ccccc3)cc1)C2=O. The fraction of sp³-hybridized carbons (Fsp3) is 0. The molecule has 5 rings (SSSR count). The van der Waals surface area contributed by atoms with E-state index in [0.29, 0.717) is 11.1 Å². The smallest absolute Gasteiger partial charge is 0.316 e. The van der Waals surface area contributed by atoms with E-state index >= 15 is 0 Å². The van der Waals surface area contributed by atoms with Crippen molar-refractivity contribution in [2.75, 3.05) is 10.2 Å². The fourth-order valence-electron chi connectivity index (χ4n) is 3.83. The van der Waals surface area contributed by atoms with Crippen LogP contribution in [0.1, 0.15) is 47.0 Å². The molecule has 1 aliphatic rings. The van der Waals surface area contributed by atoms with Gasteiger partial charge in [-0.25, -0.2) is 9.69 Å². The molecule has 0 spiro atoms. The summed E-state index contributed by atoms with van der Waals surface area (Å²) in [6.07, 6.45) is 1.05. The van der Waals surface area contributed by atoms with E-state index in [9.17, 15) is 28.8 Å². The maximum atomic E-state index is 13.1. The number of nitrogens with zero attached hydrogens (tertiary/aromatic N) is 1. The fourth-order valence-corrected chi connectivity index (χ4v) is 3.83. The number of carbonyl (C=O) groups excluding carboxylic acids is 4. The monoisotopic (exact) mass is 480 g/mol. The lowest BCUT2D eigenvalue weighted by atomic mass is 10.0. The molecule has 4 aromatic rings. The van der Waals surface area contributed by atoms with Crippen LogP contribution in [-0.4, -0.2) is 33.5 Å². The van der Waals surface area contributed by atoms with Gasteiger partial charge in [0.25, 0.3) is 23.3 Å². The van der Waals surface area contributed by atoms with Gasteiger partial charge in [-0.1, -0.05) is 30.3 Å². The zero-order valence-electron chi connectivity index (χ0n) is 18.4. The average Bonchev–Trinajstić information content (AvgIpc) is 3.15. The first kappa shape index (κ1) is 22.4. The van der Waals surface area contributed by atoms with Gasteiger partial charge < -0.3 is 10.3 Å². The molecule has 3 amide bonds. The van der Waals surface area contributed by atoms with E-state index in [1.54, 1.807) is 30.3 Å². The Hall–Kier alpha value is -5.38. The minimum atomic E-state index is -0.792. The van der Waals surface area contributed by atoms with Crippen molar-refractivity contribution < 1.29 is 19.2 Å². The molecule has 176 valence electrons. The number of ketones is 1. The van der Waals surface area contributed by atoms with Gasteiger partial charge in [-0.3, -0.25) is 29.0 Å². The van der Waals surface area contributed by atoms with Gasteiger partial charge in [-0.05, 0) is 42.5 Å². The first-order valence-electron chi connectivity index (χ1n) is 10.7. The highest BCUT2D eigenvalue weighted by molar-refractivity contribution is 6.34. The summed E-state index contributed by atoms with van der Waals surface area (Å²) in [5.74, 6) is -2.10. The number of benzene rings is 3. The summed E-state index contributed by atoms with van der Waals surface area (Å²) in [4.78, 5) is 79.4. The molecule has 0 bridgehead atoms. The molecule has 2 heterocycles. The van der Waals surface area contributed by atoms with Crippen molar-refractivity contribution in [2.45, 2.75) is 0 Å². The number of aromatic amines is 2. The van der Waals surface area contributed by atoms with Crippen LogP contribution in [0.4, 0.5) is 11.4 Å². The molecule has 36 heavy (non-hydrogen) atoms. The largest absolute Gasteiger partial charge is 0.325 e. The number of imide groups is 1. The van der Waals surface area contributed by atoms with Crippen molar-refractivity contribution in [3.63, 3.8) is 0 Å². The predicted octanol–water partition coefficient (Wildman–Crippen LogP) is 2.35. The lowest BCUT2D eigenvalue weighted by molar-refractivity contribution is 0.0924. The van der Waals surface area contributed by atoms with Gasteiger partial charge in [0.1, 0.15) is 5.69 Å². The highest BCUT2D eigenvalue weighted by Crippen LogP contribution is 2.29. The van der Waals surface area contributed by atoms with E-state index in [1.165, 1.54) is 42.5 Å². The number of hydrogen-bond acceptors (Lipinski definition) is 6. The van der Waals surface area contributed by atoms with E-state index in [-0.39, 0.29) is 33.8 Å². The van der Waals surface area contributed by atoms with Gasteiger partial charge in [0, 0.05) is 22.9 Å². The minimum absolute atomic E-state index is 0.0208. The van der Waals surface area contributed by atoms with Crippen molar-refractivity contribution in [3.05, 3.63) is 128 Å². The molecule has 1 aromatic heterocycles. The summed E-state index contributed by atoms with van der Waals surface area (Å²) in [7, 11) is 0. The van der Waals surface area contributed by atoms with Crippen molar-refractivity contribution in [1.29, 1.82) is 0 Å². The summed E-state index contributed by atoms with van der Waals surface area (Å²) in [6.45, 7) is 0. The Morgan fingerprint density at radius 3 is 2.06 bits per heavy atom. The number of amides is 3. The van der Waals surface area contributed by atoms with Crippen LogP contribution in [0, 0.1) is 0 Å². The van der Waals surface area contributed by atoms with Crippen LogP contribution in [0.2, 0.25) is 0 Å². The molecule has 0 saturated carbocycles. The molecular formula is C26H16N4O6. The lowest BCUT2D eigenvalue weighted by Gasteiger charge is -2.14. The Morgan fingerprint density at radius 2 is 1.36 bits per heavy atom. The Kier molecular flexibility index (Phi) is 5.46. The van der Waals surface area contributed by atoms with Gasteiger partial charge in [-0.2, -0.15) is 0 Å². The van der Waals surface area contributed by atoms with Crippen LogP contribution in [0.3, 0.4) is 0 Å². The molecule has 10 heteroatoms. The Balaban J connectivity index is 1.39. The number of carbonyl (C=O) groups is 4. The Morgan fingerprint density at radius 1 is 0.722 bits per heavy atom. The quantitative estimate of drug-likeness (QED) is 0.295. The van der Waals surface area contributed by atoms with Crippen LogP contribution in [0.5, 0.6) is 0 Å². The van der Waals surface area contributed by atoms with Crippen LogP contribution in [0.15, 0.2) is 88.6 Å². The molecule has 0 saturated heterocycles. The molecule has 3 aromatic carbocycles. The van der Waals surface area contributed by atoms with E-state index in [4.69, 9.17) is 0 Å². The summed E-state index contributed by atoms with van der Waals surface area (Å²) in [5, 5.41) is 2.35. The highest BCUT2D eigenvalue weighted by atomic mass is 16.2. The van der Waals surface area contributed by atoms with Gasteiger partial charge in [0.05, 0.1) is 16.8 Å². The number of anilines is 2. The van der Waals surface area contributed by atoms with Crippen LogP contribution < -0.4 is 21.5 Å². The topological polar surface area (TPSA) is 149 Å². The first-order valence-corrected chi connectivity index (χ1v) is 10.7. The van der Waals surface area contributed by atoms with E-state index in [0.717, 1.165) is 11.1 Å². The van der Waals surface area contributed by atoms with E-state index in [2.05, 4.69) is 10.3 Å². The second-order valence-corrected chi connectivity index (χ2v) is 7.89. The van der Waals surface area contributed by atoms with Crippen LogP contribution in [0.25, 0.3) is 0 Å². The summed E-state index contributed by atoms with van der Waals surface area (Å²) in [6, 6.07) is 18.8. The summed E-state index contributed by atoms with van der Waals surface area (Å²) < 4.78 is 0. The maximum absolute atomic E-state index is 13.1. The second-order valence-electron chi connectivity index (χ2n) is 7.89. The zero-order chi connectivity index (χ0) is 25.4. The third-order valence-corrected chi connectivity index (χ3v) is 5.64. The number of rotatable bonds is 5. The summed E-state index contributed by atoms with van der Waals surface area (Å²) >= 11 is 0. The number of aromatic nitrogens is 2. The molecule has 0 fully saturated rings. The molecular weight excluding hydrogens is 464 g/mol. The molecule has 0 aliphatic carbocycles. The first-order chi connectivity index (χ1) is 17.3. The van der Waals surface area contributed by atoms with E-state index in [1.807, 2.05) is 4.98 Å². The highest BCUT2D eigenvalue weighted by Gasteiger charge is 2.37. The molecule has 3 N–H and O–H groups in total. The Labute approximate surface area is 202 Å². The zero-order valence-corrected chi connectivity index (χ0v) is 18.4. The van der Waals surface area contributed by atoms with Gasteiger partial charge in [0.15, 0.2) is 5.78 Å². The number of hydrogen-bond donors (Lipinski definition) is 3. The van der Waals surface area contributed by atoms with Crippen LogP contribution in [-0.2, 0) is 0 Å². The molecule has 0 unspecified atom stereocenters. The van der Waals surface area contributed by atoms with Gasteiger partial charge >= 0.3 is 5.69 Å². The molecule has 0 atom stereocenters. The molecule has 10 nitrogen and oxygen atoms in total. The number of fused-ring (bicyclic) bond motifs is 1. The van der Waals surface area contributed by atoms with Crippen molar-refractivity contribution >= 4 is 34.9 Å². The second kappa shape index (κ2) is 8.76. The third kappa shape index (κ3) is 3.92. The molecule has 0 radical (unpaired) electrons. The standard InChI is InChI=1S/C26H16N4O6/c31-21(14-4-2-1-3-5-14)15-6-9-17(10-7-15)30-24(34)18-11-8-16(12-19(18)25(30)35)22(32)28-20-13-27-26(36)29-23(20)33/h1-13H,(H,28,32)(H2,27,29,33,36). The number of nitrogens with one attached hydrogen (secondary N) is 3. The van der Waals surface area contributed by atoms with Crippen molar-refractivity contribution in [3.8, 4) is 0 Å². The van der Waals surface area contributed by atoms with Crippen molar-refractivity contribution in [2.24, 2.45) is 0 Å². The van der Waals surface area contributed by atoms with Gasteiger partial charge in [0.2, 0.25) is 0 Å². The third-order valence-electron chi connectivity index (χ3n) is 5.64. The van der Waals surface area contributed by atoms with Gasteiger partial charge in [-0.15, -0.1) is 0 Å². The van der Waals surface area contributed by atoms with Crippen molar-refractivity contribution in [1.82, 2.24) is 9.97 Å². The average molecular weight is 480 g/mol. The Bertz CT molecular complexity index is 1670. The molecule has 1 aliphatic heterocycles. The lowest BCUT2D eigenvalue weighted by Crippen LogP contribution is -2.29. The van der Waals surface area contributed by atoms with Crippen LogP contribution >= 0.6 is 0 Å². The minimum Gasteiger partial charge on any atom is -0.316 e. The summed E-state index contributed by atoms with van der Waals surface area (Å²) in [5.41, 5.74) is -0.345. The predicted molar refractivity (Wildman–Crippen MR) is 130 cm³/mol. The normalized spacial score (nSPS) is 12.4. The maximum Gasteiger partial charge on any atom is 0.325 e. The number of H-pyrrole nitrogens is 2. The van der Waals surface area contributed by atoms with E-state index < -0.39 is 29.0 Å².